The van der Waals surface area contributed by atoms with Crippen molar-refractivity contribution in [2.75, 3.05) is 31.6 Å². The van der Waals surface area contributed by atoms with E-state index in [0.29, 0.717) is 6.10 Å². The van der Waals surface area contributed by atoms with Crippen molar-refractivity contribution in [2.24, 2.45) is 5.92 Å². The van der Waals surface area contributed by atoms with Crippen molar-refractivity contribution in [1.82, 2.24) is 4.90 Å². The third-order valence-corrected chi connectivity index (χ3v) is 7.00. The van der Waals surface area contributed by atoms with E-state index < -0.39 is 0 Å². The van der Waals surface area contributed by atoms with Crippen LogP contribution in [0.2, 0.25) is 0 Å². The molecule has 26 heavy (non-hydrogen) atoms. The summed E-state index contributed by atoms with van der Waals surface area (Å²) >= 11 is 1.87. The molecule has 2 aromatic rings. The molecule has 2 bridgehead atoms. The Bertz CT molecular complexity index is 791. The van der Waals surface area contributed by atoms with Gasteiger partial charge in [-0.3, -0.25) is 0 Å². The molecule has 0 spiro atoms. The average molecular weight is 363 g/mol. The second kappa shape index (κ2) is 7.30. The van der Waals surface area contributed by atoms with Crippen LogP contribution >= 0.6 is 11.8 Å². The average Bonchev–Trinajstić information content (AvgIpc) is 2.67. The monoisotopic (exact) mass is 363 g/mol. The Morgan fingerprint density at radius 2 is 1.81 bits per heavy atom. The van der Waals surface area contributed by atoms with Gasteiger partial charge < -0.3 is 14.5 Å². The van der Waals surface area contributed by atoms with Crippen LogP contribution in [-0.2, 0) is 11.3 Å². The van der Waals surface area contributed by atoms with Crippen molar-refractivity contribution < 1.29 is 4.74 Å². The van der Waals surface area contributed by atoms with Crippen LogP contribution in [0, 0.1) is 5.92 Å². The molecule has 0 saturated carbocycles. The highest BCUT2D eigenvalue weighted by Crippen LogP contribution is 2.47. The van der Waals surface area contributed by atoms with Crippen LogP contribution in [0.5, 0.6) is 0 Å². The number of anilines is 2. The maximum Gasteiger partial charge on any atom is 0.0735 e. The fourth-order valence-electron chi connectivity index (χ4n) is 4.38. The van der Waals surface area contributed by atoms with E-state index in [2.05, 4.69) is 59.3 Å². The topological polar surface area (TPSA) is 15.7 Å². The normalized spacial score (nSPS) is 26.0. The molecule has 3 radical (unpaired) electrons. The third kappa shape index (κ3) is 3.17. The second-order valence-electron chi connectivity index (χ2n) is 7.42. The van der Waals surface area contributed by atoms with Crippen molar-refractivity contribution in [2.45, 2.75) is 35.3 Å². The number of rotatable bonds is 3. The second-order valence-corrected chi connectivity index (χ2v) is 8.50. The first-order chi connectivity index (χ1) is 12.3. The fourth-order valence-corrected chi connectivity index (χ4v) is 5.59. The van der Waals surface area contributed by atoms with Crippen molar-refractivity contribution in [3.63, 3.8) is 0 Å². The molecule has 3 saturated heterocycles. The first kappa shape index (κ1) is 18.0. The summed E-state index contributed by atoms with van der Waals surface area (Å²) in [5.74, 6) is 0.773. The van der Waals surface area contributed by atoms with E-state index in [9.17, 15) is 0 Å². The minimum atomic E-state index is 0. The Morgan fingerprint density at radius 3 is 2.58 bits per heavy atom. The van der Waals surface area contributed by atoms with Gasteiger partial charge in [-0.15, -0.1) is 0 Å². The van der Waals surface area contributed by atoms with E-state index in [4.69, 9.17) is 4.74 Å². The largest absolute Gasteiger partial charge is 0.372 e. The summed E-state index contributed by atoms with van der Waals surface area (Å²) in [5, 5.41) is 0. The first-order valence-electron chi connectivity index (χ1n) is 9.25. The molecule has 1 unspecified atom stereocenters. The molecule has 4 aliphatic heterocycles. The maximum absolute atomic E-state index is 6.33. The molecular weight excluding hydrogens is 339 g/mol. The highest BCUT2D eigenvalue weighted by Gasteiger charge is 2.34. The summed E-state index contributed by atoms with van der Waals surface area (Å²) in [6.07, 6.45) is 3.05. The third-order valence-electron chi connectivity index (χ3n) is 5.89. The van der Waals surface area contributed by atoms with Crippen LogP contribution in [0.15, 0.2) is 52.3 Å². The van der Waals surface area contributed by atoms with Crippen molar-refractivity contribution >= 4 is 31.5 Å². The minimum Gasteiger partial charge on any atom is -0.372 e. The van der Waals surface area contributed by atoms with E-state index in [1.165, 1.54) is 52.7 Å². The molecule has 0 N–H and O–H groups in total. The predicted octanol–water partition coefficient (Wildman–Crippen LogP) is 4.15. The van der Waals surface area contributed by atoms with Gasteiger partial charge in [-0.25, -0.2) is 0 Å². The first-order valence-corrected chi connectivity index (χ1v) is 10.1. The van der Waals surface area contributed by atoms with Gasteiger partial charge in [0.25, 0.3) is 0 Å². The van der Waals surface area contributed by atoms with Gasteiger partial charge in [-0.1, -0.05) is 30.0 Å². The molecule has 0 aromatic heterocycles. The SMILES string of the molecule is CN1c2ccccc2Sc2cc(COC3CN4CCC3CC4)ccc21.[B]. The molecule has 3 fully saturated rings. The number of piperidine rings is 3. The molecule has 6 rings (SSSR count). The molecule has 4 aliphatic rings. The Kier molecular flexibility index (Phi) is 5.04. The van der Waals surface area contributed by atoms with Crippen molar-refractivity contribution in [3.8, 4) is 0 Å². The van der Waals surface area contributed by atoms with Crippen LogP contribution in [0.25, 0.3) is 0 Å². The minimum absolute atomic E-state index is 0. The number of benzene rings is 2. The zero-order valence-corrected chi connectivity index (χ0v) is 16.0. The molecular formula is C21H24BN2OS. The van der Waals surface area contributed by atoms with E-state index in [-0.39, 0.29) is 8.41 Å². The molecule has 4 heterocycles. The van der Waals surface area contributed by atoms with Gasteiger partial charge >= 0.3 is 0 Å². The molecule has 0 aliphatic carbocycles. The quantitative estimate of drug-likeness (QED) is 0.761. The van der Waals surface area contributed by atoms with Crippen LogP contribution in [0.3, 0.4) is 0 Å². The van der Waals surface area contributed by atoms with E-state index >= 15 is 0 Å². The predicted molar refractivity (Wildman–Crippen MR) is 109 cm³/mol. The summed E-state index contributed by atoms with van der Waals surface area (Å²) in [4.78, 5) is 7.50. The Morgan fingerprint density at radius 1 is 1.04 bits per heavy atom. The van der Waals surface area contributed by atoms with Crippen molar-refractivity contribution in [3.05, 3.63) is 48.0 Å². The van der Waals surface area contributed by atoms with Gasteiger partial charge in [-0.05, 0) is 61.7 Å². The summed E-state index contributed by atoms with van der Waals surface area (Å²) < 4.78 is 6.33. The van der Waals surface area contributed by atoms with Crippen LogP contribution < -0.4 is 4.90 Å². The number of fused-ring (bicyclic) bond motifs is 5. The highest BCUT2D eigenvalue weighted by molar-refractivity contribution is 7.99. The molecule has 1 atom stereocenters. The van der Waals surface area contributed by atoms with Crippen molar-refractivity contribution in [1.29, 1.82) is 0 Å². The number of para-hydroxylation sites is 1. The lowest BCUT2D eigenvalue weighted by Crippen LogP contribution is -2.51. The van der Waals surface area contributed by atoms with Crippen LogP contribution in [-0.4, -0.2) is 46.1 Å². The van der Waals surface area contributed by atoms with Gasteiger partial charge in [0.1, 0.15) is 0 Å². The number of hydrogen-bond donors (Lipinski definition) is 0. The van der Waals surface area contributed by atoms with Gasteiger partial charge in [0, 0.05) is 31.8 Å². The lowest BCUT2D eigenvalue weighted by Gasteiger charge is -2.44. The van der Waals surface area contributed by atoms with Gasteiger partial charge in [0.05, 0.1) is 24.1 Å². The fraction of sp³-hybridized carbons (Fsp3) is 0.429. The van der Waals surface area contributed by atoms with E-state index in [1.54, 1.807) is 0 Å². The lowest BCUT2D eigenvalue weighted by molar-refractivity contribution is -0.0766. The van der Waals surface area contributed by atoms with Crippen LogP contribution in [0.4, 0.5) is 11.4 Å². The number of hydrogen-bond acceptors (Lipinski definition) is 4. The Hall–Kier alpha value is -1.43. The summed E-state index contributed by atoms with van der Waals surface area (Å²) in [6.45, 7) is 4.40. The van der Waals surface area contributed by atoms with Gasteiger partial charge in [-0.2, -0.15) is 0 Å². The summed E-state index contributed by atoms with van der Waals surface area (Å²) in [5.41, 5.74) is 3.86. The molecule has 0 amide bonds. The van der Waals surface area contributed by atoms with E-state index in [1.807, 2.05) is 11.8 Å². The van der Waals surface area contributed by atoms with E-state index in [0.717, 1.165) is 19.1 Å². The lowest BCUT2D eigenvalue weighted by atomic mass is 9.86. The molecule has 2 aromatic carbocycles. The smallest absolute Gasteiger partial charge is 0.0735 e. The number of nitrogens with zero attached hydrogens (tertiary/aromatic N) is 2. The van der Waals surface area contributed by atoms with Gasteiger partial charge in [0.15, 0.2) is 0 Å². The van der Waals surface area contributed by atoms with Crippen LogP contribution in [0.1, 0.15) is 18.4 Å². The van der Waals surface area contributed by atoms with Gasteiger partial charge in [0.2, 0.25) is 0 Å². The Labute approximate surface area is 162 Å². The number of ether oxygens (including phenoxy) is 1. The highest BCUT2D eigenvalue weighted by atomic mass is 32.2. The zero-order chi connectivity index (χ0) is 16.8. The Balaban J connectivity index is 0.00000168. The molecule has 5 heteroatoms. The molecule has 3 nitrogen and oxygen atoms in total. The standard InChI is InChI=1S/C21H24N2OS.B/c1-22-17-4-2-3-5-20(17)25-21-12-15(6-7-18(21)22)14-24-19-13-23-10-8-16(19)9-11-23;/h2-7,12,16,19H,8-11,13-14H2,1H3;. The maximum atomic E-state index is 6.33. The summed E-state index contributed by atoms with van der Waals surface area (Å²) in [6, 6.07) is 15.4. The molecule has 133 valence electrons. The zero-order valence-electron chi connectivity index (χ0n) is 15.2. The summed E-state index contributed by atoms with van der Waals surface area (Å²) in [7, 11) is 2.15.